The van der Waals surface area contributed by atoms with Gasteiger partial charge in [0.1, 0.15) is 0 Å². The van der Waals surface area contributed by atoms with Crippen molar-refractivity contribution in [2.45, 2.75) is 19.8 Å². The minimum absolute atomic E-state index is 0.0966. The lowest BCUT2D eigenvalue weighted by Gasteiger charge is -2.10. The SMILES string of the molecule is CCCCOc1ccc(-c2ccc(B(O)O)cc2)c(F)c1F. The van der Waals surface area contributed by atoms with Gasteiger partial charge in [-0.05, 0) is 29.6 Å². The molecule has 116 valence electrons. The smallest absolute Gasteiger partial charge is 0.488 e. The number of ether oxygens (including phenoxy) is 1. The summed E-state index contributed by atoms with van der Waals surface area (Å²) in [5, 5.41) is 18.1. The molecule has 0 aromatic heterocycles. The van der Waals surface area contributed by atoms with Crippen LogP contribution >= 0.6 is 0 Å². The number of rotatable bonds is 6. The molecule has 2 rings (SSSR count). The van der Waals surface area contributed by atoms with Crippen LogP contribution in [0.3, 0.4) is 0 Å². The molecular weight excluding hydrogens is 289 g/mol. The van der Waals surface area contributed by atoms with Crippen molar-refractivity contribution in [3.63, 3.8) is 0 Å². The fourth-order valence-electron chi connectivity index (χ4n) is 2.03. The van der Waals surface area contributed by atoms with Gasteiger partial charge >= 0.3 is 7.12 Å². The molecule has 6 heteroatoms. The van der Waals surface area contributed by atoms with E-state index >= 15 is 0 Å². The van der Waals surface area contributed by atoms with Crippen LogP contribution in [-0.4, -0.2) is 23.8 Å². The van der Waals surface area contributed by atoms with Crippen LogP contribution in [0.2, 0.25) is 0 Å². The summed E-state index contributed by atoms with van der Waals surface area (Å²) < 4.78 is 33.4. The average Bonchev–Trinajstić information content (AvgIpc) is 2.52. The summed E-state index contributed by atoms with van der Waals surface area (Å²) in [6, 6.07) is 8.75. The first kappa shape index (κ1) is 16.5. The normalized spacial score (nSPS) is 10.6. The van der Waals surface area contributed by atoms with Gasteiger partial charge in [-0.3, -0.25) is 0 Å². The summed E-state index contributed by atoms with van der Waals surface area (Å²) in [7, 11) is -1.59. The van der Waals surface area contributed by atoms with Crippen molar-refractivity contribution in [3.05, 3.63) is 48.0 Å². The molecule has 3 nitrogen and oxygen atoms in total. The van der Waals surface area contributed by atoms with Gasteiger partial charge < -0.3 is 14.8 Å². The molecule has 0 aliphatic heterocycles. The van der Waals surface area contributed by atoms with Gasteiger partial charge in [-0.1, -0.05) is 37.6 Å². The quantitative estimate of drug-likeness (QED) is 0.637. The van der Waals surface area contributed by atoms with Gasteiger partial charge in [0.2, 0.25) is 5.82 Å². The molecule has 0 aliphatic rings. The molecule has 0 saturated carbocycles. The minimum Gasteiger partial charge on any atom is -0.490 e. The second-order valence-electron chi connectivity index (χ2n) is 4.94. The third-order valence-corrected chi connectivity index (χ3v) is 3.32. The fraction of sp³-hybridized carbons (Fsp3) is 0.250. The van der Waals surface area contributed by atoms with E-state index in [2.05, 4.69) is 0 Å². The molecule has 0 amide bonds. The Morgan fingerprint density at radius 2 is 1.68 bits per heavy atom. The topological polar surface area (TPSA) is 49.7 Å². The molecule has 0 saturated heterocycles. The lowest BCUT2D eigenvalue weighted by Crippen LogP contribution is -2.29. The minimum atomic E-state index is -1.59. The van der Waals surface area contributed by atoms with Crippen molar-refractivity contribution >= 4 is 12.6 Å². The van der Waals surface area contributed by atoms with Gasteiger partial charge in [0.15, 0.2) is 11.6 Å². The van der Waals surface area contributed by atoms with E-state index in [-0.39, 0.29) is 16.8 Å². The van der Waals surface area contributed by atoms with Crippen molar-refractivity contribution in [3.8, 4) is 16.9 Å². The first-order valence-electron chi connectivity index (χ1n) is 7.11. The highest BCUT2D eigenvalue weighted by Gasteiger charge is 2.16. The molecule has 0 fully saturated rings. The van der Waals surface area contributed by atoms with Crippen LogP contribution in [0.4, 0.5) is 8.78 Å². The zero-order valence-electron chi connectivity index (χ0n) is 12.2. The molecule has 0 heterocycles. The maximum atomic E-state index is 14.2. The predicted octanol–water partition coefficient (Wildman–Crippen LogP) is 2.49. The van der Waals surface area contributed by atoms with Crippen LogP contribution in [-0.2, 0) is 0 Å². The zero-order valence-corrected chi connectivity index (χ0v) is 12.2. The third-order valence-electron chi connectivity index (χ3n) is 3.32. The maximum Gasteiger partial charge on any atom is 0.488 e. The van der Waals surface area contributed by atoms with Crippen molar-refractivity contribution in [1.82, 2.24) is 0 Å². The van der Waals surface area contributed by atoms with Gasteiger partial charge in [-0.25, -0.2) is 4.39 Å². The molecule has 2 N–H and O–H groups in total. The van der Waals surface area contributed by atoms with Crippen LogP contribution in [0, 0.1) is 11.6 Å². The lowest BCUT2D eigenvalue weighted by atomic mass is 9.80. The summed E-state index contributed by atoms with van der Waals surface area (Å²) in [6.07, 6.45) is 1.68. The molecule has 2 aromatic carbocycles. The molecule has 22 heavy (non-hydrogen) atoms. The Bertz CT molecular complexity index is 630. The Kier molecular flexibility index (Phi) is 5.52. The average molecular weight is 306 g/mol. The summed E-state index contributed by atoms with van der Waals surface area (Å²) in [4.78, 5) is 0. The van der Waals surface area contributed by atoms with Crippen LogP contribution in [0.5, 0.6) is 5.75 Å². The first-order valence-corrected chi connectivity index (χ1v) is 7.11. The van der Waals surface area contributed by atoms with E-state index in [1.165, 1.54) is 36.4 Å². The zero-order chi connectivity index (χ0) is 16.1. The van der Waals surface area contributed by atoms with E-state index in [4.69, 9.17) is 14.8 Å². The largest absolute Gasteiger partial charge is 0.490 e. The van der Waals surface area contributed by atoms with Crippen LogP contribution in [0.1, 0.15) is 19.8 Å². The number of unbranched alkanes of at least 4 members (excludes halogenated alkanes) is 1. The third kappa shape index (κ3) is 3.64. The van der Waals surface area contributed by atoms with Gasteiger partial charge in [-0.15, -0.1) is 0 Å². The molecule has 0 bridgehead atoms. The summed E-state index contributed by atoms with van der Waals surface area (Å²) in [5.74, 6) is -2.09. The van der Waals surface area contributed by atoms with E-state index in [1.54, 1.807) is 0 Å². The van der Waals surface area contributed by atoms with Crippen LogP contribution in [0.15, 0.2) is 36.4 Å². The van der Waals surface area contributed by atoms with Gasteiger partial charge in [0.25, 0.3) is 0 Å². The Morgan fingerprint density at radius 1 is 1.00 bits per heavy atom. The summed E-state index contributed by atoms with van der Waals surface area (Å²) in [5.41, 5.74) is 0.823. The standard InChI is InChI=1S/C16H17BF2O3/c1-2-3-10-22-14-9-8-13(15(18)16(14)19)11-4-6-12(7-5-11)17(20)21/h4-9,20-21H,2-3,10H2,1H3. The van der Waals surface area contributed by atoms with Crippen LogP contribution in [0.25, 0.3) is 11.1 Å². The van der Waals surface area contributed by atoms with Crippen molar-refractivity contribution in [2.24, 2.45) is 0 Å². The molecule has 0 unspecified atom stereocenters. The van der Waals surface area contributed by atoms with E-state index in [0.29, 0.717) is 12.2 Å². The van der Waals surface area contributed by atoms with E-state index in [1.807, 2.05) is 6.92 Å². The molecule has 2 aromatic rings. The molecule has 0 aliphatic carbocycles. The van der Waals surface area contributed by atoms with Crippen molar-refractivity contribution in [1.29, 1.82) is 0 Å². The molecule has 0 radical (unpaired) electrons. The monoisotopic (exact) mass is 306 g/mol. The Balaban J connectivity index is 2.26. The Hall–Kier alpha value is -1.92. The molecule has 0 atom stereocenters. The fourth-order valence-corrected chi connectivity index (χ4v) is 2.03. The summed E-state index contributed by atoms with van der Waals surface area (Å²) >= 11 is 0. The number of benzene rings is 2. The highest BCUT2D eigenvalue weighted by molar-refractivity contribution is 6.58. The highest BCUT2D eigenvalue weighted by atomic mass is 19.2. The van der Waals surface area contributed by atoms with E-state index in [0.717, 1.165) is 12.8 Å². The predicted molar refractivity (Wildman–Crippen MR) is 82.0 cm³/mol. The van der Waals surface area contributed by atoms with Gasteiger partial charge in [-0.2, -0.15) is 4.39 Å². The van der Waals surface area contributed by atoms with Crippen molar-refractivity contribution in [2.75, 3.05) is 6.61 Å². The van der Waals surface area contributed by atoms with Crippen LogP contribution < -0.4 is 10.2 Å². The van der Waals surface area contributed by atoms with E-state index < -0.39 is 18.8 Å². The number of hydrogen-bond donors (Lipinski definition) is 2. The highest BCUT2D eigenvalue weighted by Crippen LogP contribution is 2.29. The maximum absolute atomic E-state index is 14.2. The molecule has 0 spiro atoms. The van der Waals surface area contributed by atoms with E-state index in [9.17, 15) is 8.78 Å². The second-order valence-corrected chi connectivity index (χ2v) is 4.94. The number of halogens is 2. The lowest BCUT2D eigenvalue weighted by molar-refractivity contribution is 0.289. The Morgan fingerprint density at radius 3 is 2.27 bits per heavy atom. The first-order chi connectivity index (χ1) is 10.5. The van der Waals surface area contributed by atoms with Crippen molar-refractivity contribution < 1.29 is 23.6 Å². The Labute approximate surface area is 128 Å². The molecular formula is C16H17BF2O3. The second kappa shape index (κ2) is 7.38. The van der Waals surface area contributed by atoms with Gasteiger partial charge in [0, 0.05) is 5.56 Å². The summed E-state index contributed by atoms with van der Waals surface area (Å²) in [6.45, 7) is 2.33. The van der Waals surface area contributed by atoms with Gasteiger partial charge in [0.05, 0.1) is 6.61 Å². The number of hydrogen-bond acceptors (Lipinski definition) is 3.